The van der Waals surface area contributed by atoms with E-state index >= 15 is 0 Å². The van der Waals surface area contributed by atoms with Gasteiger partial charge in [0, 0.05) is 0 Å². The van der Waals surface area contributed by atoms with Crippen LogP contribution in [0.15, 0.2) is 0 Å². The molecule has 4 nitrogen and oxygen atoms in total. The van der Waals surface area contributed by atoms with E-state index in [2.05, 4.69) is 41.5 Å². The van der Waals surface area contributed by atoms with E-state index in [1.54, 1.807) is 6.92 Å². The first-order valence-corrected chi connectivity index (χ1v) is 10.2. The normalized spacial score (nSPS) is 33.5. The molecule has 22 heavy (non-hydrogen) atoms. The Morgan fingerprint density at radius 3 is 1.77 bits per heavy atom. The van der Waals surface area contributed by atoms with E-state index in [0.29, 0.717) is 0 Å². The minimum atomic E-state index is -3.52. The second-order valence-corrected chi connectivity index (χ2v) is 10.9. The largest absolute Gasteiger partial charge is 0.632 e. The standard InChI is InChI=1S/C17H35O4P/c1-8-21-22(19,20)11-12-9-13(16(2,3)4)15(18)14(10-12)17(5,6)7/h12-15,18H,8-11H2,1-7H3,(H,19,20). The Morgan fingerprint density at radius 2 is 1.45 bits per heavy atom. The van der Waals surface area contributed by atoms with Crippen LogP contribution in [0.1, 0.15) is 61.3 Å². The van der Waals surface area contributed by atoms with E-state index in [1.807, 2.05) is 0 Å². The van der Waals surface area contributed by atoms with Crippen LogP contribution in [0.2, 0.25) is 0 Å². The lowest BCUT2D eigenvalue weighted by atomic mass is 9.59. The summed E-state index contributed by atoms with van der Waals surface area (Å²) in [6, 6.07) is 0. The molecule has 1 aliphatic carbocycles. The number of aliphatic hydroxyl groups excluding tert-OH is 1. The van der Waals surface area contributed by atoms with Gasteiger partial charge in [-0.1, -0.05) is 41.5 Å². The third-order valence-corrected chi connectivity index (χ3v) is 6.68. The van der Waals surface area contributed by atoms with Gasteiger partial charge in [0.25, 0.3) is 0 Å². The highest BCUT2D eigenvalue weighted by Gasteiger charge is 2.48. The summed E-state index contributed by atoms with van der Waals surface area (Å²) in [4.78, 5) is 22.1. The SMILES string of the molecule is CCO[P+]([O-])(O)CC1CC(C(C)(C)C)C(O)C(C(C)(C)C)C1. The van der Waals surface area contributed by atoms with E-state index < -0.39 is 7.94 Å². The van der Waals surface area contributed by atoms with Gasteiger partial charge in [-0.15, -0.1) is 0 Å². The molecule has 2 N–H and O–H groups in total. The molecule has 0 radical (unpaired) electrons. The second kappa shape index (κ2) is 7.03. The van der Waals surface area contributed by atoms with E-state index in [0.717, 1.165) is 12.8 Å². The Bertz CT molecular complexity index is 333. The molecule has 132 valence electrons. The van der Waals surface area contributed by atoms with Crippen LogP contribution in [0.25, 0.3) is 0 Å². The van der Waals surface area contributed by atoms with Gasteiger partial charge < -0.3 is 10.00 Å². The molecule has 0 aromatic heterocycles. The summed E-state index contributed by atoms with van der Waals surface area (Å²) in [7, 11) is -3.52. The van der Waals surface area contributed by atoms with Crippen molar-refractivity contribution < 1.29 is 19.4 Å². The van der Waals surface area contributed by atoms with Crippen LogP contribution >= 0.6 is 7.94 Å². The van der Waals surface area contributed by atoms with Gasteiger partial charge in [0.1, 0.15) is 6.16 Å². The maximum atomic E-state index is 12.1. The molecule has 0 aliphatic heterocycles. The monoisotopic (exact) mass is 334 g/mol. The van der Waals surface area contributed by atoms with Gasteiger partial charge in [-0.3, -0.25) is 0 Å². The second-order valence-electron chi connectivity index (χ2n) is 9.01. The van der Waals surface area contributed by atoms with Crippen LogP contribution in [0.5, 0.6) is 0 Å². The average molecular weight is 334 g/mol. The summed E-state index contributed by atoms with van der Waals surface area (Å²) in [5.74, 6) is 0.397. The van der Waals surface area contributed by atoms with Crippen molar-refractivity contribution >= 4 is 7.94 Å². The molecule has 3 atom stereocenters. The number of hydrogen-bond donors (Lipinski definition) is 2. The maximum absolute atomic E-state index is 12.1. The van der Waals surface area contributed by atoms with Crippen molar-refractivity contribution in [1.82, 2.24) is 0 Å². The highest BCUT2D eigenvalue weighted by molar-refractivity contribution is 7.58. The van der Waals surface area contributed by atoms with Gasteiger partial charge >= 0.3 is 0 Å². The van der Waals surface area contributed by atoms with Gasteiger partial charge in [-0.05, 0) is 48.3 Å². The lowest BCUT2D eigenvalue weighted by molar-refractivity contribution is -0.214. The molecular weight excluding hydrogens is 299 g/mol. The third-order valence-electron chi connectivity index (χ3n) is 5.04. The van der Waals surface area contributed by atoms with Crippen molar-refractivity contribution in [3.05, 3.63) is 0 Å². The van der Waals surface area contributed by atoms with Gasteiger partial charge in [0.2, 0.25) is 7.94 Å². The van der Waals surface area contributed by atoms with E-state index in [9.17, 15) is 14.9 Å². The van der Waals surface area contributed by atoms with Crippen LogP contribution < -0.4 is 4.89 Å². The Hall–Kier alpha value is 0.270. The van der Waals surface area contributed by atoms with Crippen molar-refractivity contribution in [2.75, 3.05) is 12.8 Å². The third kappa shape index (κ3) is 5.42. The van der Waals surface area contributed by atoms with Crippen molar-refractivity contribution in [1.29, 1.82) is 0 Å². The molecule has 1 saturated carbocycles. The predicted octanol–water partition coefficient (Wildman–Crippen LogP) is 3.23. The molecule has 0 aromatic rings. The summed E-state index contributed by atoms with van der Waals surface area (Å²) in [6.45, 7) is 14.9. The van der Waals surface area contributed by atoms with Crippen molar-refractivity contribution in [3.63, 3.8) is 0 Å². The van der Waals surface area contributed by atoms with Gasteiger partial charge in [-0.25, -0.2) is 9.42 Å². The number of aliphatic hydroxyl groups is 1. The van der Waals surface area contributed by atoms with Crippen LogP contribution in [0, 0.1) is 28.6 Å². The van der Waals surface area contributed by atoms with Crippen molar-refractivity contribution in [2.45, 2.75) is 67.4 Å². The smallest absolute Gasteiger partial charge is 0.234 e. The Balaban J connectivity index is 2.97. The molecule has 0 amide bonds. The fourth-order valence-corrected chi connectivity index (χ4v) is 5.29. The van der Waals surface area contributed by atoms with E-state index in [-0.39, 0.29) is 47.5 Å². The van der Waals surface area contributed by atoms with Gasteiger partial charge in [-0.2, -0.15) is 0 Å². The zero-order valence-electron chi connectivity index (χ0n) is 15.3. The minimum absolute atomic E-state index is 0.0212. The van der Waals surface area contributed by atoms with Crippen LogP contribution in [-0.4, -0.2) is 28.9 Å². The first kappa shape index (κ1) is 20.3. The summed E-state index contributed by atoms with van der Waals surface area (Å²) in [5, 5.41) is 10.9. The summed E-state index contributed by atoms with van der Waals surface area (Å²) < 4.78 is 5.05. The fourth-order valence-electron chi connectivity index (χ4n) is 3.84. The summed E-state index contributed by atoms with van der Waals surface area (Å²) in [6.07, 6.45) is 1.41. The molecular formula is C17H35O4P. The molecule has 1 rings (SSSR count). The summed E-state index contributed by atoms with van der Waals surface area (Å²) in [5.41, 5.74) is -0.0424. The Kier molecular flexibility index (Phi) is 6.49. The summed E-state index contributed by atoms with van der Waals surface area (Å²) >= 11 is 0. The molecule has 0 aromatic carbocycles. The van der Waals surface area contributed by atoms with E-state index in [4.69, 9.17) is 4.52 Å². The van der Waals surface area contributed by atoms with Crippen LogP contribution in [0.3, 0.4) is 0 Å². The molecule has 0 bridgehead atoms. The van der Waals surface area contributed by atoms with Crippen molar-refractivity contribution in [2.24, 2.45) is 28.6 Å². The average Bonchev–Trinajstić information content (AvgIpc) is 2.27. The lowest BCUT2D eigenvalue weighted by Gasteiger charge is -2.49. The minimum Gasteiger partial charge on any atom is -0.632 e. The first-order valence-electron chi connectivity index (χ1n) is 8.42. The number of rotatable bonds is 4. The zero-order chi connectivity index (χ0) is 17.3. The van der Waals surface area contributed by atoms with Gasteiger partial charge in [0.05, 0.1) is 12.7 Å². The lowest BCUT2D eigenvalue weighted by Crippen LogP contribution is -2.48. The van der Waals surface area contributed by atoms with Crippen LogP contribution in [-0.2, 0) is 4.52 Å². The van der Waals surface area contributed by atoms with Crippen molar-refractivity contribution in [3.8, 4) is 0 Å². The highest BCUT2D eigenvalue weighted by Crippen LogP contribution is 2.54. The van der Waals surface area contributed by atoms with E-state index in [1.165, 1.54) is 0 Å². The van der Waals surface area contributed by atoms with Gasteiger partial charge in [0.15, 0.2) is 0 Å². The molecule has 0 saturated heterocycles. The molecule has 0 spiro atoms. The molecule has 0 heterocycles. The molecule has 3 unspecified atom stereocenters. The zero-order valence-corrected chi connectivity index (χ0v) is 16.2. The Morgan fingerprint density at radius 1 is 1.05 bits per heavy atom. The molecule has 1 aliphatic rings. The first-order chi connectivity index (χ1) is 9.78. The maximum Gasteiger partial charge on any atom is 0.234 e. The highest BCUT2D eigenvalue weighted by atomic mass is 31.2. The number of hydrogen-bond acceptors (Lipinski definition) is 4. The molecule has 1 fully saturated rings. The van der Waals surface area contributed by atoms with Crippen LogP contribution in [0.4, 0.5) is 0 Å². The Labute approximate surface area is 136 Å². The quantitative estimate of drug-likeness (QED) is 0.774. The fraction of sp³-hybridized carbons (Fsp3) is 1.00. The topological polar surface area (TPSA) is 72.8 Å². The molecule has 5 heteroatoms. The predicted molar refractivity (Wildman–Crippen MR) is 90.3 cm³/mol.